The first-order valence-electron chi connectivity index (χ1n) is 9.41. The van der Waals surface area contributed by atoms with Crippen molar-refractivity contribution in [3.05, 3.63) is 64.1 Å². The largest absolute Gasteiger partial charge is 0.467 e. The zero-order valence-electron chi connectivity index (χ0n) is 15.8. The van der Waals surface area contributed by atoms with E-state index in [-0.39, 0.29) is 18.4 Å². The minimum atomic E-state index is -3.55. The van der Waals surface area contributed by atoms with Crippen LogP contribution in [0, 0.1) is 5.92 Å². The van der Waals surface area contributed by atoms with Crippen molar-refractivity contribution in [1.29, 1.82) is 0 Å². The van der Waals surface area contributed by atoms with Crippen molar-refractivity contribution in [3.8, 4) is 0 Å². The number of hydrogen-bond donors (Lipinski definition) is 0. The molecule has 1 aliphatic heterocycles. The molecule has 3 aromatic rings. The molecule has 1 aliphatic rings. The zero-order chi connectivity index (χ0) is 20.3. The Kier molecular flexibility index (Phi) is 6.19. The van der Waals surface area contributed by atoms with Gasteiger partial charge in [0.2, 0.25) is 5.91 Å². The highest BCUT2D eigenvalue weighted by molar-refractivity contribution is 7.91. The summed E-state index contributed by atoms with van der Waals surface area (Å²) in [6, 6.07) is 11.0. The molecule has 0 saturated carbocycles. The Labute approximate surface area is 178 Å². The molecule has 0 unspecified atom stereocenters. The first-order valence-corrected chi connectivity index (χ1v) is 12.6. The second kappa shape index (κ2) is 8.83. The number of furan rings is 1. The third-order valence-electron chi connectivity index (χ3n) is 4.99. The Hall–Kier alpha value is -1.94. The minimum absolute atomic E-state index is 0.0270. The fourth-order valence-corrected chi connectivity index (χ4v) is 6.94. The SMILES string of the molecule is O=C([C@@H]1CCCN(S(=O)(=O)c2cccs2)C1)N(Cc1ccco1)Cc1cccs1. The van der Waals surface area contributed by atoms with Gasteiger partial charge in [0.15, 0.2) is 0 Å². The summed E-state index contributed by atoms with van der Waals surface area (Å²) in [4.78, 5) is 16.2. The third-order valence-corrected chi connectivity index (χ3v) is 9.09. The Bertz CT molecular complexity index is 976. The van der Waals surface area contributed by atoms with Crippen LogP contribution in [-0.2, 0) is 27.9 Å². The van der Waals surface area contributed by atoms with Crippen LogP contribution in [0.15, 0.2) is 62.0 Å². The summed E-state index contributed by atoms with van der Waals surface area (Å²) in [6.45, 7) is 1.54. The Morgan fingerprint density at radius 2 is 1.97 bits per heavy atom. The summed E-state index contributed by atoms with van der Waals surface area (Å²) in [5, 5.41) is 3.74. The lowest BCUT2D eigenvalue weighted by atomic mass is 9.98. The van der Waals surface area contributed by atoms with E-state index in [1.165, 1.54) is 15.6 Å². The lowest BCUT2D eigenvalue weighted by Gasteiger charge is -2.33. The van der Waals surface area contributed by atoms with Crippen molar-refractivity contribution >= 4 is 38.6 Å². The molecule has 1 fully saturated rings. The van der Waals surface area contributed by atoms with Gasteiger partial charge in [-0.25, -0.2) is 8.42 Å². The summed E-state index contributed by atoms with van der Waals surface area (Å²) in [6.07, 6.45) is 2.96. The van der Waals surface area contributed by atoms with Gasteiger partial charge in [0.05, 0.1) is 25.3 Å². The number of hydrogen-bond acceptors (Lipinski definition) is 6. The molecule has 0 aliphatic carbocycles. The molecule has 9 heteroatoms. The predicted molar refractivity (Wildman–Crippen MR) is 113 cm³/mol. The van der Waals surface area contributed by atoms with Crippen LogP contribution < -0.4 is 0 Å². The standard InChI is InChI=1S/C20H22N2O4S3/c23-20(21(14-17-6-2-10-26-17)15-18-7-3-11-27-18)16-5-1-9-22(13-16)29(24,25)19-8-4-12-28-19/h2-4,6-8,10-12,16H,1,5,9,13-15H2/t16-/m1/s1. The maximum atomic E-state index is 13.4. The van der Waals surface area contributed by atoms with Crippen molar-refractivity contribution in [2.24, 2.45) is 5.92 Å². The van der Waals surface area contributed by atoms with Gasteiger partial charge in [0, 0.05) is 18.0 Å². The highest BCUT2D eigenvalue weighted by Gasteiger charge is 2.35. The molecule has 29 heavy (non-hydrogen) atoms. The third kappa shape index (κ3) is 4.63. The fraction of sp³-hybridized carbons (Fsp3) is 0.350. The van der Waals surface area contributed by atoms with Crippen molar-refractivity contribution in [2.75, 3.05) is 13.1 Å². The van der Waals surface area contributed by atoms with Gasteiger partial charge in [-0.1, -0.05) is 12.1 Å². The number of carbonyl (C=O) groups excluding carboxylic acids is 1. The van der Waals surface area contributed by atoms with Crippen LogP contribution in [-0.4, -0.2) is 36.6 Å². The smallest absolute Gasteiger partial charge is 0.252 e. The number of thiophene rings is 2. The number of sulfonamides is 1. The van der Waals surface area contributed by atoms with Crippen LogP contribution in [0.3, 0.4) is 0 Å². The molecule has 0 spiro atoms. The van der Waals surface area contributed by atoms with E-state index < -0.39 is 10.0 Å². The van der Waals surface area contributed by atoms with Crippen LogP contribution in [0.5, 0.6) is 0 Å². The van der Waals surface area contributed by atoms with E-state index in [4.69, 9.17) is 4.42 Å². The van der Waals surface area contributed by atoms with Crippen molar-refractivity contribution in [3.63, 3.8) is 0 Å². The van der Waals surface area contributed by atoms with E-state index in [0.29, 0.717) is 42.4 Å². The molecule has 0 aromatic carbocycles. The van der Waals surface area contributed by atoms with E-state index >= 15 is 0 Å². The lowest BCUT2D eigenvalue weighted by molar-refractivity contribution is -0.138. The van der Waals surface area contributed by atoms with Gasteiger partial charge < -0.3 is 9.32 Å². The van der Waals surface area contributed by atoms with Gasteiger partial charge in [-0.3, -0.25) is 4.79 Å². The van der Waals surface area contributed by atoms with E-state index in [9.17, 15) is 13.2 Å². The number of rotatable bonds is 7. The van der Waals surface area contributed by atoms with Crippen LogP contribution in [0.4, 0.5) is 0 Å². The molecule has 4 rings (SSSR count). The number of nitrogens with zero attached hydrogens (tertiary/aromatic N) is 2. The zero-order valence-corrected chi connectivity index (χ0v) is 18.2. The highest BCUT2D eigenvalue weighted by Crippen LogP contribution is 2.28. The Morgan fingerprint density at radius 3 is 2.66 bits per heavy atom. The van der Waals surface area contributed by atoms with Crippen LogP contribution >= 0.6 is 22.7 Å². The van der Waals surface area contributed by atoms with Crippen LogP contribution in [0.25, 0.3) is 0 Å². The second-order valence-corrected chi connectivity index (χ2v) is 11.1. The van der Waals surface area contributed by atoms with Crippen molar-refractivity contribution in [1.82, 2.24) is 9.21 Å². The van der Waals surface area contributed by atoms with Gasteiger partial charge in [0.25, 0.3) is 10.0 Å². The topological polar surface area (TPSA) is 70.8 Å². The minimum Gasteiger partial charge on any atom is -0.467 e. The maximum absolute atomic E-state index is 13.4. The number of amides is 1. The molecular formula is C20H22N2O4S3. The Balaban J connectivity index is 1.51. The second-order valence-electron chi connectivity index (χ2n) is 6.99. The average Bonchev–Trinajstić information content (AvgIpc) is 3.50. The first-order chi connectivity index (χ1) is 14.0. The van der Waals surface area contributed by atoms with Crippen molar-refractivity contribution < 1.29 is 17.6 Å². The fourth-order valence-electron chi connectivity index (χ4n) is 3.55. The first kappa shape index (κ1) is 20.3. The molecule has 3 aromatic heterocycles. The van der Waals surface area contributed by atoms with Crippen LogP contribution in [0.2, 0.25) is 0 Å². The molecule has 6 nitrogen and oxygen atoms in total. The molecule has 0 radical (unpaired) electrons. The Morgan fingerprint density at radius 1 is 1.14 bits per heavy atom. The lowest BCUT2D eigenvalue weighted by Crippen LogP contribution is -2.46. The van der Waals surface area contributed by atoms with Crippen molar-refractivity contribution in [2.45, 2.75) is 30.1 Å². The highest BCUT2D eigenvalue weighted by atomic mass is 32.2. The quantitative estimate of drug-likeness (QED) is 0.545. The summed E-state index contributed by atoms with van der Waals surface area (Å²) in [7, 11) is -3.55. The van der Waals surface area contributed by atoms with Gasteiger partial charge in [0.1, 0.15) is 9.97 Å². The summed E-state index contributed by atoms with van der Waals surface area (Å²) in [5.41, 5.74) is 0. The van der Waals surface area contributed by atoms with Crippen LogP contribution in [0.1, 0.15) is 23.5 Å². The van der Waals surface area contributed by atoms with E-state index in [0.717, 1.165) is 4.88 Å². The molecule has 0 N–H and O–H groups in total. The predicted octanol–water partition coefficient (Wildman–Crippen LogP) is 4.03. The van der Waals surface area contributed by atoms with E-state index in [1.807, 2.05) is 23.6 Å². The molecule has 154 valence electrons. The molecule has 1 saturated heterocycles. The number of carbonyl (C=O) groups is 1. The van der Waals surface area contributed by atoms with E-state index in [1.54, 1.807) is 46.1 Å². The van der Waals surface area contributed by atoms with Gasteiger partial charge in [-0.2, -0.15) is 4.31 Å². The monoisotopic (exact) mass is 450 g/mol. The normalized spacial score (nSPS) is 18.0. The molecule has 1 amide bonds. The summed E-state index contributed by atoms with van der Waals surface area (Å²) >= 11 is 2.81. The molecular weight excluding hydrogens is 428 g/mol. The van der Waals surface area contributed by atoms with E-state index in [2.05, 4.69) is 0 Å². The number of piperidine rings is 1. The van der Waals surface area contributed by atoms with Gasteiger partial charge in [-0.05, 0) is 47.9 Å². The molecule has 4 heterocycles. The maximum Gasteiger partial charge on any atom is 0.252 e. The van der Waals surface area contributed by atoms with Gasteiger partial charge >= 0.3 is 0 Å². The van der Waals surface area contributed by atoms with Gasteiger partial charge in [-0.15, -0.1) is 22.7 Å². The summed E-state index contributed by atoms with van der Waals surface area (Å²) < 4.78 is 33.0. The average molecular weight is 451 g/mol. The molecule has 0 bridgehead atoms. The summed E-state index contributed by atoms with van der Waals surface area (Å²) in [5.74, 6) is 0.336. The molecule has 1 atom stereocenters.